The molecule has 6 heteroatoms. The quantitative estimate of drug-likeness (QED) is 0.605. The molecule has 0 spiro atoms. The molecular formula is C15H14BrClN2O2. The van der Waals surface area contributed by atoms with E-state index in [1.807, 2.05) is 37.3 Å². The van der Waals surface area contributed by atoms with Crippen LogP contribution in [0.3, 0.4) is 0 Å². The molecule has 2 aromatic carbocycles. The largest absolute Gasteiger partial charge is 0.306 e. The second kappa shape index (κ2) is 7.02. The van der Waals surface area contributed by atoms with Crippen LogP contribution in [0.1, 0.15) is 24.1 Å². The Morgan fingerprint density at radius 1 is 1.29 bits per heavy atom. The van der Waals surface area contributed by atoms with Crippen molar-refractivity contribution in [2.24, 2.45) is 0 Å². The van der Waals surface area contributed by atoms with E-state index in [9.17, 15) is 10.1 Å². The third kappa shape index (κ3) is 4.27. The highest BCUT2D eigenvalue weighted by Gasteiger charge is 2.12. The van der Waals surface area contributed by atoms with Gasteiger partial charge in [0.1, 0.15) is 0 Å². The van der Waals surface area contributed by atoms with Gasteiger partial charge in [0.15, 0.2) is 0 Å². The zero-order valence-corrected chi connectivity index (χ0v) is 13.7. The average Bonchev–Trinajstić information content (AvgIpc) is 2.46. The fourth-order valence-corrected chi connectivity index (χ4v) is 2.47. The molecule has 21 heavy (non-hydrogen) atoms. The van der Waals surface area contributed by atoms with Crippen LogP contribution < -0.4 is 5.32 Å². The van der Waals surface area contributed by atoms with Crippen molar-refractivity contribution in [3.8, 4) is 0 Å². The summed E-state index contributed by atoms with van der Waals surface area (Å²) in [6.45, 7) is 2.59. The summed E-state index contributed by atoms with van der Waals surface area (Å²) in [7, 11) is 0. The van der Waals surface area contributed by atoms with Gasteiger partial charge in [0.05, 0.1) is 9.40 Å². The van der Waals surface area contributed by atoms with Crippen LogP contribution in [0.2, 0.25) is 5.02 Å². The number of nitrogens with one attached hydrogen (secondary N) is 1. The Kier molecular flexibility index (Phi) is 5.33. The molecule has 0 aromatic heterocycles. The maximum atomic E-state index is 10.9. The van der Waals surface area contributed by atoms with E-state index in [0.717, 1.165) is 11.1 Å². The molecule has 0 aliphatic heterocycles. The first-order chi connectivity index (χ1) is 9.97. The molecule has 2 aromatic rings. The lowest BCUT2D eigenvalue weighted by Crippen LogP contribution is -2.18. The van der Waals surface area contributed by atoms with Gasteiger partial charge >= 0.3 is 0 Å². The van der Waals surface area contributed by atoms with Gasteiger partial charge in [0.25, 0.3) is 5.69 Å². The topological polar surface area (TPSA) is 55.2 Å². The van der Waals surface area contributed by atoms with Gasteiger partial charge in [0.2, 0.25) is 0 Å². The van der Waals surface area contributed by atoms with Crippen molar-refractivity contribution < 1.29 is 4.92 Å². The van der Waals surface area contributed by atoms with Crippen molar-refractivity contribution in [3.05, 3.63) is 73.2 Å². The van der Waals surface area contributed by atoms with Crippen LogP contribution in [0.25, 0.3) is 0 Å². The predicted octanol–water partition coefficient (Wildman–Crippen LogP) is 4.86. The fraction of sp³-hybridized carbons (Fsp3) is 0.200. The van der Waals surface area contributed by atoms with E-state index in [1.165, 1.54) is 0 Å². The average molecular weight is 370 g/mol. The summed E-state index contributed by atoms with van der Waals surface area (Å²) < 4.78 is 0.488. The van der Waals surface area contributed by atoms with Gasteiger partial charge in [-0.05, 0) is 52.2 Å². The minimum atomic E-state index is -0.393. The molecular weight excluding hydrogens is 356 g/mol. The summed E-state index contributed by atoms with van der Waals surface area (Å²) in [5, 5.41) is 15.0. The highest BCUT2D eigenvalue weighted by atomic mass is 79.9. The molecule has 2 rings (SSSR count). The van der Waals surface area contributed by atoms with Crippen molar-refractivity contribution in [1.82, 2.24) is 5.32 Å². The van der Waals surface area contributed by atoms with Gasteiger partial charge in [-0.25, -0.2) is 0 Å². The maximum absolute atomic E-state index is 10.9. The monoisotopic (exact) mass is 368 g/mol. The standard InChI is InChI=1S/C15H14BrClN2O2/c1-10(12-3-5-13(17)6-4-12)18-9-11-2-7-14(16)15(8-11)19(20)21/h2-8,10,18H,9H2,1H3. The minimum absolute atomic E-state index is 0.0773. The van der Waals surface area contributed by atoms with Crippen molar-refractivity contribution in [3.63, 3.8) is 0 Å². The van der Waals surface area contributed by atoms with Crippen LogP contribution >= 0.6 is 27.5 Å². The van der Waals surface area contributed by atoms with Crippen molar-refractivity contribution >= 4 is 33.2 Å². The smallest absolute Gasteiger partial charge is 0.283 e. The first-order valence-electron chi connectivity index (χ1n) is 6.39. The number of hydrogen-bond donors (Lipinski definition) is 1. The Hall–Kier alpha value is -1.43. The fourth-order valence-electron chi connectivity index (χ4n) is 1.95. The highest BCUT2D eigenvalue weighted by molar-refractivity contribution is 9.10. The number of benzene rings is 2. The van der Waals surface area contributed by atoms with Crippen LogP contribution in [-0.4, -0.2) is 4.92 Å². The second-order valence-corrected chi connectivity index (χ2v) is 5.99. The summed E-state index contributed by atoms with van der Waals surface area (Å²) in [6.07, 6.45) is 0. The van der Waals surface area contributed by atoms with E-state index in [-0.39, 0.29) is 11.7 Å². The van der Waals surface area contributed by atoms with Gasteiger partial charge in [-0.1, -0.05) is 29.8 Å². The summed E-state index contributed by atoms with van der Waals surface area (Å²) in [6, 6.07) is 12.9. The SMILES string of the molecule is CC(NCc1ccc(Br)c([N+](=O)[O-])c1)c1ccc(Cl)cc1. The van der Waals surface area contributed by atoms with Gasteiger partial charge < -0.3 is 5.32 Å². The van der Waals surface area contributed by atoms with E-state index < -0.39 is 4.92 Å². The number of halogens is 2. The molecule has 4 nitrogen and oxygen atoms in total. The van der Waals surface area contributed by atoms with Crippen LogP contribution in [0.15, 0.2) is 46.9 Å². The molecule has 0 amide bonds. The molecule has 110 valence electrons. The van der Waals surface area contributed by atoms with Crippen LogP contribution in [0, 0.1) is 10.1 Å². The van der Waals surface area contributed by atoms with E-state index in [1.54, 1.807) is 12.1 Å². The number of nitro groups is 1. The minimum Gasteiger partial charge on any atom is -0.306 e. The van der Waals surface area contributed by atoms with Crippen molar-refractivity contribution in [1.29, 1.82) is 0 Å². The molecule has 0 saturated carbocycles. The predicted molar refractivity (Wildman–Crippen MR) is 87.5 cm³/mol. The van der Waals surface area contributed by atoms with Crippen LogP contribution in [0.5, 0.6) is 0 Å². The third-order valence-corrected chi connectivity index (χ3v) is 4.11. The molecule has 1 unspecified atom stereocenters. The first-order valence-corrected chi connectivity index (χ1v) is 7.56. The van der Waals surface area contributed by atoms with Crippen molar-refractivity contribution in [2.75, 3.05) is 0 Å². The van der Waals surface area contributed by atoms with E-state index in [2.05, 4.69) is 21.2 Å². The number of nitrogens with zero attached hydrogens (tertiary/aromatic N) is 1. The molecule has 1 N–H and O–H groups in total. The number of rotatable bonds is 5. The lowest BCUT2D eigenvalue weighted by Gasteiger charge is -2.14. The molecule has 0 radical (unpaired) electrons. The van der Waals surface area contributed by atoms with Gasteiger partial charge in [-0.2, -0.15) is 0 Å². The zero-order chi connectivity index (χ0) is 15.4. The Labute approximate surface area is 136 Å². The molecule has 0 aliphatic carbocycles. The lowest BCUT2D eigenvalue weighted by atomic mass is 10.1. The lowest BCUT2D eigenvalue weighted by molar-refractivity contribution is -0.385. The van der Waals surface area contributed by atoms with E-state index in [4.69, 9.17) is 11.6 Å². The third-order valence-electron chi connectivity index (χ3n) is 3.19. The summed E-state index contributed by atoms with van der Waals surface area (Å²) in [5.41, 5.74) is 2.06. The molecule has 0 fully saturated rings. The van der Waals surface area contributed by atoms with E-state index >= 15 is 0 Å². The van der Waals surface area contributed by atoms with Crippen LogP contribution in [-0.2, 0) is 6.54 Å². The van der Waals surface area contributed by atoms with Gasteiger partial charge in [-0.3, -0.25) is 10.1 Å². The van der Waals surface area contributed by atoms with Gasteiger partial charge in [-0.15, -0.1) is 0 Å². The Balaban J connectivity index is 2.04. The number of nitro benzene ring substituents is 1. The maximum Gasteiger partial charge on any atom is 0.283 e. The normalized spacial score (nSPS) is 12.1. The first kappa shape index (κ1) is 15.9. The Bertz CT molecular complexity index is 647. The molecule has 0 saturated heterocycles. The molecule has 1 atom stereocenters. The Morgan fingerprint density at radius 2 is 1.95 bits per heavy atom. The van der Waals surface area contributed by atoms with Gasteiger partial charge in [0, 0.05) is 23.7 Å². The van der Waals surface area contributed by atoms with E-state index in [0.29, 0.717) is 16.0 Å². The summed E-state index contributed by atoms with van der Waals surface area (Å²) >= 11 is 9.04. The number of hydrogen-bond acceptors (Lipinski definition) is 3. The highest BCUT2D eigenvalue weighted by Crippen LogP contribution is 2.26. The molecule has 0 aliphatic rings. The summed E-state index contributed by atoms with van der Waals surface area (Å²) in [4.78, 5) is 10.5. The molecule has 0 bridgehead atoms. The Morgan fingerprint density at radius 3 is 2.57 bits per heavy atom. The zero-order valence-electron chi connectivity index (χ0n) is 11.3. The second-order valence-electron chi connectivity index (χ2n) is 4.70. The molecule has 0 heterocycles. The van der Waals surface area contributed by atoms with Crippen LogP contribution in [0.4, 0.5) is 5.69 Å². The summed E-state index contributed by atoms with van der Waals surface area (Å²) in [5.74, 6) is 0. The van der Waals surface area contributed by atoms with Crippen molar-refractivity contribution in [2.45, 2.75) is 19.5 Å².